The van der Waals surface area contributed by atoms with Gasteiger partial charge in [-0.25, -0.2) is 0 Å². The Hall–Kier alpha value is -1.10. The first-order valence-corrected chi connectivity index (χ1v) is 7.28. The fraction of sp³-hybridized carbons (Fsp3) is 0.867. The number of nitrogens with one attached hydrogen (secondary N) is 1. The second-order valence-electron chi connectivity index (χ2n) is 7.45. The molecule has 1 aliphatic rings. The number of carbonyl (C=O) groups is 2. The van der Waals surface area contributed by atoms with Crippen LogP contribution in [-0.4, -0.2) is 47.6 Å². The van der Waals surface area contributed by atoms with Crippen molar-refractivity contribution in [3.8, 4) is 0 Å². The van der Waals surface area contributed by atoms with Crippen LogP contribution in [-0.2, 0) is 9.59 Å². The van der Waals surface area contributed by atoms with Crippen molar-refractivity contribution in [1.82, 2.24) is 10.2 Å². The number of amides is 2. The maximum absolute atomic E-state index is 12.3. The molecule has 0 aromatic heterocycles. The minimum Gasteiger partial charge on any atom is -0.396 e. The molecule has 0 aliphatic carbocycles. The molecule has 2 N–H and O–H groups in total. The second-order valence-corrected chi connectivity index (χ2v) is 7.45. The Balaban J connectivity index is 2.65. The third-order valence-electron chi connectivity index (χ3n) is 3.63. The van der Waals surface area contributed by atoms with E-state index in [1.807, 2.05) is 34.6 Å². The Kier molecular flexibility index (Phi) is 5.19. The van der Waals surface area contributed by atoms with Gasteiger partial charge in [0.1, 0.15) is 6.04 Å². The topological polar surface area (TPSA) is 69.6 Å². The molecule has 1 saturated heterocycles. The van der Waals surface area contributed by atoms with Gasteiger partial charge in [0, 0.05) is 30.5 Å². The SMILES string of the molecule is CC(C)(CO)CNC(=O)C1CCCN1C(=O)C(C)(C)C. The van der Waals surface area contributed by atoms with Crippen molar-refractivity contribution in [1.29, 1.82) is 0 Å². The molecule has 0 aromatic rings. The van der Waals surface area contributed by atoms with Gasteiger partial charge in [-0.1, -0.05) is 34.6 Å². The first-order chi connectivity index (χ1) is 9.08. The van der Waals surface area contributed by atoms with Crippen molar-refractivity contribution in [2.45, 2.75) is 53.5 Å². The van der Waals surface area contributed by atoms with E-state index in [0.717, 1.165) is 6.42 Å². The molecule has 0 aromatic carbocycles. The molecule has 1 aliphatic heterocycles. The van der Waals surface area contributed by atoms with E-state index in [2.05, 4.69) is 5.32 Å². The minimum atomic E-state index is -0.465. The van der Waals surface area contributed by atoms with Crippen LogP contribution in [0, 0.1) is 10.8 Å². The van der Waals surface area contributed by atoms with E-state index < -0.39 is 5.41 Å². The van der Waals surface area contributed by atoms with Crippen LogP contribution in [0.15, 0.2) is 0 Å². The number of aliphatic hydroxyl groups excluding tert-OH is 1. The highest BCUT2D eigenvalue weighted by Gasteiger charge is 2.38. The van der Waals surface area contributed by atoms with Crippen LogP contribution in [0.1, 0.15) is 47.5 Å². The molecule has 1 atom stereocenters. The van der Waals surface area contributed by atoms with Gasteiger partial charge in [-0.2, -0.15) is 0 Å². The van der Waals surface area contributed by atoms with E-state index >= 15 is 0 Å². The number of nitrogens with zero attached hydrogens (tertiary/aromatic N) is 1. The molecule has 1 unspecified atom stereocenters. The number of hydrogen-bond donors (Lipinski definition) is 2. The molecule has 2 amide bonds. The van der Waals surface area contributed by atoms with Gasteiger partial charge in [0.25, 0.3) is 0 Å². The number of rotatable bonds is 4. The number of likely N-dealkylation sites (tertiary alicyclic amines) is 1. The summed E-state index contributed by atoms with van der Waals surface area (Å²) >= 11 is 0. The normalized spacial score (nSPS) is 20.1. The summed E-state index contributed by atoms with van der Waals surface area (Å²) in [5.74, 6) is -0.0850. The molecule has 5 nitrogen and oxygen atoms in total. The number of hydrogen-bond acceptors (Lipinski definition) is 3. The standard InChI is InChI=1S/C15H28N2O3/c1-14(2,3)13(20)17-8-6-7-11(17)12(19)16-9-15(4,5)10-18/h11,18H,6-10H2,1-5H3,(H,16,19). The number of carbonyl (C=O) groups excluding carboxylic acids is 2. The van der Waals surface area contributed by atoms with E-state index in [4.69, 9.17) is 0 Å². The molecule has 20 heavy (non-hydrogen) atoms. The molecule has 0 bridgehead atoms. The molecule has 0 radical (unpaired) electrons. The molecule has 0 saturated carbocycles. The summed E-state index contributed by atoms with van der Waals surface area (Å²) < 4.78 is 0. The Morgan fingerprint density at radius 1 is 1.25 bits per heavy atom. The van der Waals surface area contributed by atoms with Crippen LogP contribution >= 0.6 is 0 Å². The molecule has 0 spiro atoms. The smallest absolute Gasteiger partial charge is 0.242 e. The lowest BCUT2D eigenvalue weighted by Crippen LogP contribution is -2.50. The van der Waals surface area contributed by atoms with Crippen LogP contribution in [0.2, 0.25) is 0 Å². The van der Waals surface area contributed by atoms with Gasteiger partial charge < -0.3 is 15.3 Å². The average Bonchev–Trinajstić information content (AvgIpc) is 2.83. The minimum absolute atomic E-state index is 0.0165. The first-order valence-electron chi connectivity index (χ1n) is 7.28. The Morgan fingerprint density at radius 3 is 2.35 bits per heavy atom. The summed E-state index contributed by atoms with van der Waals surface area (Å²) in [4.78, 5) is 26.3. The Labute approximate surface area is 121 Å². The van der Waals surface area contributed by atoms with E-state index in [1.54, 1.807) is 4.90 Å². The zero-order valence-corrected chi connectivity index (χ0v) is 13.3. The van der Waals surface area contributed by atoms with Gasteiger partial charge in [0.05, 0.1) is 0 Å². The first kappa shape index (κ1) is 17.0. The number of aliphatic hydroxyl groups is 1. The quantitative estimate of drug-likeness (QED) is 0.814. The van der Waals surface area contributed by atoms with Crippen LogP contribution < -0.4 is 5.32 Å². The van der Waals surface area contributed by atoms with Crippen molar-refractivity contribution >= 4 is 11.8 Å². The van der Waals surface area contributed by atoms with Gasteiger partial charge in [-0.15, -0.1) is 0 Å². The van der Waals surface area contributed by atoms with Crippen LogP contribution in [0.3, 0.4) is 0 Å². The van der Waals surface area contributed by atoms with Crippen LogP contribution in [0.5, 0.6) is 0 Å². The average molecular weight is 284 g/mol. The maximum Gasteiger partial charge on any atom is 0.242 e. The molecular formula is C15H28N2O3. The maximum atomic E-state index is 12.3. The predicted molar refractivity (Wildman–Crippen MR) is 78.1 cm³/mol. The van der Waals surface area contributed by atoms with E-state index in [0.29, 0.717) is 19.5 Å². The fourth-order valence-corrected chi connectivity index (χ4v) is 2.21. The predicted octanol–water partition coefficient (Wildman–Crippen LogP) is 1.16. The molecule has 1 heterocycles. The molecule has 116 valence electrons. The molecule has 1 fully saturated rings. The Bertz CT molecular complexity index is 372. The summed E-state index contributed by atoms with van der Waals surface area (Å²) in [6, 6.07) is -0.365. The van der Waals surface area contributed by atoms with E-state index in [1.165, 1.54) is 0 Å². The van der Waals surface area contributed by atoms with Crippen molar-refractivity contribution in [2.75, 3.05) is 19.7 Å². The highest BCUT2D eigenvalue weighted by molar-refractivity contribution is 5.90. The van der Waals surface area contributed by atoms with Crippen molar-refractivity contribution < 1.29 is 14.7 Å². The zero-order chi connectivity index (χ0) is 15.6. The monoisotopic (exact) mass is 284 g/mol. The van der Waals surface area contributed by atoms with Gasteiger partial charge >= 0.3 is 0 Å². The van der Waals surface area contributed by atoms with Gasteiger partial charge in [-0.3, -0.25) is 9.59 Å². The summed E-state index contributed by atoms with van der Waals surface area (Å²) in [6.07, 6.45) is 1.58. The van der Waals surface area contributed by atoms with Gasteiger partial charge in [-0.05, 0) is 12.8 Å². The molecular weight excluding hydrogens is 256 g/mol. The zero-order valence-electron chi connectivity index (χ0n) is 13.3. The lowest BCUT2D eigenvalue weighted by Gasteiger charge is -2.31. The third kappa shape index (κ3) is 4.20. The summed E-state index contributed by atoms with van der Waals surface area (Å²) in [6.45, 7) is 10.5. The fourth-order valence-electron chi connectivity index (χ4n) is 2.21. The second kappa shape index (κ2) is 6.12. The largest absolute Gasteiger partial charge is 0.396 e. The van der Waals surface area contributed by atoms with Gasteiger partial charge in [0.2, 0.25) is 11.8 Å². The highest BCUT2D eigenvalue weighted by atomic mass is 16.3. The summed E-state index contributed by atoms with van der Waals surface area (Å²) in [5.41, 5.74) is -0.805. The van der Waals surface area contributed by atoms with Crippen molar-refractivity contribution in [2.24, 2.45) is 10.8 Å². The molecule has 1 rings (SSSR count). The van der Waals surface area contributed by atoms with Crippen LogP contribution in [0.25, 0.3) is 0 Å². The molecule has 5 heteroatoms. The summed E-state index contributed by atoms with van der Waals surface area (Å²) in [5, 5.41) is 12.1. The lowest BCUT2D eigenvalue weighted by molar-refractivity contribution is -0.144. The lowest BCUT2D eigenvalue weighted by atomic mass is 9.93. The van der Waals surface area contributed by atoms with Gasteiger partial charge in [0.15, 0.2) is 0 Å². The summed E-state index contributed by atoms with van der Waals surface area (Å²) in [7, 11) is 0. The van der Waals surface area contributed by atoms with E-state index in [-0.39, 0.29) is 29.9 Å². The van der Waals surface area contributed by atoms with Crippen molar-refractivity contribution in [3.05, 3.63) is 0 Å². The van der Waals surface area contributed by atoms with Crippen molar-refractivity contribution in [3.63, 3.8) is 0 Å². The Morgan fingerprint density at radius 2 is 1.85 bits per heavy atom. The van der Waals surface area contributed by atoms with Crippen LogP contribution in [0.4, 0.5) is 0 Å². The third-order valence-corrected chi connectivity index (χ3v) is 3.63. The van der Waals surface area contributed by atoms with E-state index in [9.17, 15) is 14.7 Å². The highest BCUT2D eigenvalue weighted by Crippen LogP contribution is 2.25.